The quantitative estimate of drug-likeness (QED) is 0.904. The molecule has 0 radical (unpaired) electrons. The second-order valence-electron chi connectivity index (χ2n) is 4.98. The van der Waals surface area contributed by atoms with Crippen molar-refractivity contribution >= 4 is 11.3 Å². The predicted octanol–water partition coefficient (Wildman–Crippen LogP) is 1.84. The van der Waals surface area contributed by atoms with E-state index in [4.69, 9.17) is 4.52 Å². The van der Waals surface area contributed by atoms with Crippen LogP contribution in [0.2, 0.25) is 0 Å². The summed E-state index contributed by atoms with van der Waals surface area (Å²) in [7, 11) is 2.01. The van der Waals surface area contributed by atoms with Crippen molar-refractivity contribution in [1.29, 1.82) is 0 Å². The summed E-state index contributed by atoms with van der Waals surface area (Å²) in [4.78, 5) is 6.85. The molecule has 1 N–H and O–H groups in total. The average molecular weight is 278 g/mol. The Bertz CT molecular complexity index is 510. The summed E-state index contributed by atoms with van der Waals surface area (Å²) in [5, 5.41) is 11.3. The molecule has 1 unspecified atom stereocenters. The van der Waals surface area contributed by atoms with Gasteiger partial charge >= 0.3 is 0 Å². The number of thiophene rings is 1. The van der Waals surface area contributed by atoms with Crippen LogP contribution in [0.4, 0.5) is 0 Å². The fourth-order valence-corrected chi connectivity index (χ4v) is 3.16. The lowest BCUT2D eigenvalue weighted by molar-refractivity contribution is 0.299. The second kappa shape index (κ2) is 5.81. The zero-order valence-corrected chi connectivity index (χ0v) is 11.8. The fraction of sp³-hybridized carbons (Fsp3) is 0.538. The normalized spacial score (nSPS) is 20.2. The molecule has 102 valence electrons. The van der Waals surface area contributed by atoms with Gasteiger partial charge in [0.1, 0.15) is 0 Å². The highest BCUT2D eigenvalue weighted by Crippen LogP contribution is 2.21. The molecular formula is C13H18N4OS. The van der Waals surface area contributed by atoms with Gasteiger partial charge in [0.05, 0.1) is 12.1 Å². The van der Waals surface area contributed by atoms with E-state index < -0.39 is 0 Å². The molecule has 1 aliphatic heterocycles. The highest BCUT2D eigenvalue weighted by Gasteiger charge is 2.23. The molecule has 3 rings (SSSR count). The van der Waals surface area contributed by atoms with Gasteiger partial charge in [0.2, 0.25) is 0 Å². The molecule has 0 bridgehead atoms. The Kier molecular flexibility index (Phi) is 3.91. The second-order valence-corrected chi connectivity index (χ2v) is 5.76. The lowest BCUT2D eigenvalue weighted by Crippen LogP contribution is -2.24. The topological polar surface area (TPSA) is 54.2 Å². The molecule has 19 heavy (non-hydrogen) atoms. The van der Waals surface area contributed by atoms with Crippen LogP contribution in [0.3, 0.4) is 0 Å². The van der Waals surface area contributed by atoms with E-state index in [0.29, 0.717) is 5.89 Å². The van der Waals surface area contributed by atoms with Gasteiger partial charge in [-0.3, -0.25) is 4.90 Å². The molecule has 5 nitrogen and oxygen atoms in total. The zero-order valence-electron chi connectivity index (χ0n) is 11.0. The van der Waals surface area contributed by atoms with E-state index in [9.17, 15) is 0 Å². The van der Waals surface area contributed by atoms with Gasteiger partial charge in [-0.15, -0.1) is 0 Å². The van der Waals surface area contributed by atoms with Crippen LogP contribution in [0.1, 0.15) is 12.2 Å². The molecule has 1 atom stereocenters. The van der Waals surface area contributed by atoms with Gasteiger partial charge < -0.3 is 9.84 Å². The highest BCUT2D eigenvalue weighted by molar-refractivity contribution is 7.08. The summed E-state index contributed by atoms with van der Waals surface area (Å²) in [6.07, 6.45) is 1.25. The number of hydrogen-bond donors (Lipinski definition) is 1. The molecule has 3 heterocycles. The first-order valence-electron chi connectivity index (χ1n) is 6.57. The van der Waals surface area contributed by atoms with Gasteiger partial charge in [-0.05, 0) is 43.9 Å². The van der Waals surface area contributed by atoms with E-state index in [1.165, 1.54) is 6.42 Å². The van der Waals surface area contributed by atoms with Crippen molar-refractivity contribution in [2.75, 3.05) is 26.7 Å². The monoisotopic (exact) mass is 278 g/mol. The largest absolute Gasteiger partial charge is 0.334 e. The molecule has 1 saturated heterocycles. The summed E-state index contributed by atoms with van der Waals surface area (Å²) >= 11 is 1.64. The van der Waals surface area contributed by atoms with E-state index in [0.717, 1.165) is 43.5 Å². The molecular weight excluding hydrogens is 260 g/mol. The van der Waals surface area contributed by atoms with E-state index >= 15 is 0 Å². The van der Waals surface area contributed by atoms with E-state index in [-0.39, 0.29) is 0 Å². The first-order valence-corrected chi connectivity index (χ1v) is 7.51. The van der Waals surface area contributed by atoms with Crippen LogP contribution in [-0.2, 0) is 6.54 Å². The van der Waals surface area contributed by atoms with Crippen molar-refractivity contribution in [3.05, 3.63) is 22.7 Å². The van der Waals surface area contributed by atoms with Gasteiger partial charge in [-0.2, -0.15) is 16.3 Å². The molecule has 6 heteroatoms. The summed E-state index contributed by atoms with van der Waals surface area (Å²) in [6.45, 7) is 4.11. The molecule has 0 amide bonds. The Hall–Kier alpha value is -1.24. The van der Waals surface area contributed by atoms with Crippen molar-refractivity contribution in [3.8, 4) is 11.5 Å². The van der Waals surface area contributed by atoms with Crippen LogP contribution >= 0.6 is 11.3 Å². The van der Waals surface area contributed by atoms with E-state index in [1.807, 2.05) is 23.9 Å². The Balaban J connectivity index is 1.59. The van der Waals surface area contributed by atoms with Crippen LogP contribution in [0.25, 0.3) is 11.5 Å². The van der Waals surface area contributed by atoms with Crippen LogP contribution in [0.15, 0.2) is 21.3 Å². The fourth-order valence-electron chi connectivity index (χ4n) is 2.53. The van der Waals surface area contributed by atoms with Gasteiger partial charge in [-0.25, -0.2) is 0 Å². The minimum atomic E-state index is 0.627. The lowest BCUT2D eigenvalue weighted by Gasteiger charge is -2.13. The average Bonchev–Trinajstić information content (AvgIpc) is 3.10. The summed E-state index contributed by atoms with van der Waals surface area (Å²) in [5.74, 6) is 2.15. The van der Waals surface area contributed by atoms with Gasteiger partial charge in [0, 0.05) is 11.9 Å². The first kappa shape index (κ1) is 12.8. The Morgan fingerprint density at radius 2 is 2.53 bits per heavy atom. The number of rotatable bonds is 5. The molecule has 0 saturated carbocycles. The zero-order chi connectivity index (χ0) is 13.1. The Morgan fingerprint density at radius 1 is 1.58 bits per heavy atom. The summed E-state index contributed by atoms with van der Waals surface area (Å²) in [6, 6.07) is 2.00. The van der Waals surface area contributed by atoms with Gasteiger partial charge in [0.15, 0.2) is 5.82 Å². The van der Waals surface area contributed by atoms with Crippen molar-refractivity contribution in [2.45, 2.75) is 13.0 Å². The first-order chi connectivity index (χ1) is 9.35. The molecule has 0 aromatic carbocycles. The number of aromatic nitrogens is 2. The van der Waals surface area contributed by atoms with Crippen molar-refractivity contribution < 1.29 is 4.52 Å². The maximum atomic E-state index is 5.30. The number of likely N-dealkylation sites (tertiary alicyclic amines) is 1. The van der Waals surface area contributed by atoms with Gasteiger partial charge in [-0.1, -0.05) is 5.16 Å². The third kappa shape index (κ3) is 3.02. The van der Waals surface area contributed by atoms with Crippen LogP contribution in [0.5, 0.6) is 0 Å². The number of nitrogens with one attached hydrogen (secondary N) is 1. The van der Waals surface area contributed by atoms with Crippen LogP contribution in [-0.4, -0.2) is 41.7 Å². The van der Waals surface area contributed by atoms with E-state index in [1.54, 1.807) is 11.3 Å². The van der Waals surface area contributed by atoms with Crippen molar-refractivity contribution in [2.24, 2.45) is 5.92 Å². The molecule has 1 aliphatic rings. The van der Waals surface area contributed by atoms with Crippen molar-refractivity contribution in [1.82, 2.24) is 20.4 Å². The predicted molar refractivity (Wildman–Crippen MR) is 74.9 cm³/mol. The molecule has 2 aromatic heterocycles. The minimum absolute atomic E-state index is 0.627. The maximum absolute atomic E-state index is 5.30. The van der Waals surface area contributed by atoms with Crippen LogP contribution < -0.4 is 5.32 Å². The third-order valence-corrected chi connectivity index (χ3v) is 4.15. The summed E-state index contributed by atoms with van der Waals surface area (Å²) < 4.78 is 5.30. The molecule has 1 fully saturated rings. The standard InChI is InChI=1S/C13H18N4OS/c1-14-6-10-2-4-17(7-10)8-12-15-13(18-16-12)11-3-5-19-9-11/h3,5,9-10,14H,2,4,6-8H2,1H3. The smallest absolute Gasteiger partial charge is 0.258 e. The lowest BCUT2D eigenvalue weighted by atomic mass is 10.1. The Morgan fingerprint density at radius 3 is 3.32 bits per heavy atom. The van der Waals surface area contributed by atoms with E-state index in [2.05, 4.69) is 20.4 Å². The molecule has 0 spiro atoms. The van der Waals surface area contributed by atoms with Crippen LogP contribution in [0, 0.1) is 5.92 Å². The van der Waals surface area contributed by atoms with Crippen molar-refractivity contribution in [3.63, 3.8) is 0 Å². The highest BCUT2D eigenvalue weighted by atomic mass is 32.1. The summed E-state index contributed by atoms with van der Waals surface area (Å²) in [5.41, 5.74) is 1.01. The third-order valence-electron chi connectivity index (χ3n) is 3.46. The number of hydrogen-bond acceptors (Lipinski definition) is 6. The molecule has 0 aliphatic carbocycles. The molecule has 2 aromatic rings. The maximum Gasteiger partial charge on any atom is 0.258 e. The minimum Gasteiger partial charge on any atom is -0.334 e. The Labute approximate surface area is 116 Å². The van der Waals surface area contributed by atoms with Gasteiger partial charge in [0.25, 0.3) is 5.89 Å². The SMILES string of the molecule is CNCC1CCN(Cc2noc(-c3ccsc3)n2)C1. The number of nitrogens with zero attached hydrogens (tertiary/aromatic N) is 3.